The molecule has 0 saturated heterocycles. The molecule has 1 aromatic heterocycles. The van der Waals surface area contributed by atoms with E-state index in [0.717, 1.165) is 15.7 Å². The Morgan fingerprint density at radius 1 is 1.12 bits per heavy atom. The Kier molecular flexibility index (Phi) is 5.76. The molecule has 1 unspecified atom stereocenters. The van der Waals surface area contributed by atoms with E-state index in [0.29, 0.717) is 12.1 Å². The molecule has 2 aromatic carbocycles. The van der Waals surface area contributed by atoms with Gasteiger partial charge in [0.25, 0.3) is 5.56 Å². The first-order valence-electron chi connectivity index (χ1n) is 10.4. The summed E-state index contributed by atoms with van der Waals surface area (Å²) in [6.07, 6.45) is 6.52. The normalized spacial score (nSPS) is 17.2. The zero-order valence-corrected chi connectivity index (χ0v) is 18.6. The van der Waals surface area contributed by atoms with Crippen molar-refractivity contribution < 1.29 is 9.47 Å². The van der Waals surface area contributed by atoms with Crippen LogP contribution < -0.4 is 20.7 Å². The number of aromatic amines is 1. The number of methoxy groups -OCH3 is 1. The second-order valence-corrected chi connectivity index (χ2v) is 7.97. The second-order valence-electron chi connectivity index (χ2n) is 7.97. The number of aromatic nitrogens is 2. The molecule has 1 heterocycles. The van der Waals surface area contributed by atoms with Gasteiger partial charge in [-0.1, -0.05) is 48.6 Å². The average Bonchev–Trinajstić information content (AvgIpc) is 2.81. The number of nitrogens with zero attached hydrogens (tertiary/aromatic N) is 2. The van der Waals surface area contributed by atoms with Crippen LogP contribution in [0.3, 0.4) is 0 Å². The number of H-pyrrole nitrogens is 1. The largest absolute Gasteiger partial charge is 0.495 e. The molecule has 0 aliphatic heterocycles. The van der Waals surface area contributed by atoms with E-state index in [1.54, 1.807) is 12.1 Å². The summed E-state index contributed by atoms with van der Waals surface area (Å²) in [5.74, 6) is 0.470. The molecule has 7 nitrogen and oxygen atoms in total. The van der Waals surface area contributed by atoms with Gasteiger partial charge >= 0.3 is 5.69 Å². The molecule has 0 radical (unpaired) electrons. The monoisotopic (exact) mass is 441 g/mol. The van der Waals surface area contributed by atoms with Gasteiger partial charge in [0.15, 0.2) is 0 Å². The molecular formula is C26H23N3O4. The van der Waals surface area contributed by atoms with E-state index < -0.39 is 16.9 Å². The maximum absolute atomic E-state index is 13.0. The van der Waals surface area contributed by atoms with Crippen molar-refractivity contribution in [2.24, 2.45) is 0 Å². The molecule has 0 amide bonds. The van der Waals surface area contributed by atoms with Crippen molar-refractivity contribution in [3.63, 3.8) is 0 Å². The number of nitriles is 1. The molecule has 0 bridgehead atoms. The maximum atomic E-state index is 13.0. The van der Waals surface area contributed by atoms with E-state index in [9.17, 15) is 14.9 Å². The third kappa shape index (κ3) is 4.11. The molecule has 7 heteroatoms. The van der Waals surface area contributed by atoms with Crippen molar-refractivity contribution >= 4 is 0 Å². The molecular weight excluding hydrogens is 418 g/mol. The first kappa shape index (κ1) is 21.9. The molecule has 4 rings (SSSR count). The molecule has 1 atom stereocenters. The minimum absolute atomic E-state index is 0.189. The van der Waals surface area contributed by atoms with Gasteiger partial charge in [-0.05, 0) is 25.0 Å². The highest BCUT2D eigenvalue weighted by Crippen LogP contribution is 2.36. The summed E-state index contributed by atoms with van der Waals surface area (Å²) in [5.41, 5.74) is 0.726. The number of allylic oxidation sites excluding steroid dienone is 2. The first-order valence-corrected chi connectivity index (χ1v) is 10.4. The van der Waals surface area contributed by atoms with Gasteiger partial charge in [0.05, 0.1) is 24.1 Å². The molecule has 1 aliphatic rings. The summed E-state index contributed by atoms with van der Waals surface area (Å²) < 4.78 is 12.7. The van der Waals surface area contributed by atoms with Crippen LogP contribution in [0.1, 0.15) is 25.8 Å². The van der Waals surface area contributed by atoms with Crippen molar-refractivity contribution in [3.05, 3.63) is 98.7 Å². The van der Waals surface area contributed by atoms with Crippen LogP contribution in [0, 0.1) is 11.3 Å². The van der Waals surface area contributed by atoms with Crippen LogP contribution in [0.25, 0.3) is 16.9 Å². The lowest BCUT2D eigenvalue weighted by atomic mass is 9.89. The van der Waals surface area contributed by atoms with E-state index in [1.165, 1.54) is 25.3 Å². The van der Waals surface area contributed by atoms with E-state index in [1.807, 2.05) is 50.3 Å². The number of ether oxygens (including phenoxy) is 2. The lowest BCUT2D eigenvalue weighted by Gasteiger charge is -2.33. The Hall–Kier alpha value is -4.31. The Morgan fingerprint density at radius 3 is 2.52 bits per heavy atom. The number of nitrogens with one attached hydrogen (secondary N) is 1. The highest BCUT2D eigenvalue weighted by molar-refractivity contribution is 5.61. The standard InChI is InChI=1S/C26H23N3O4/c1-17-9-7-8-12-26(17,2)33-22-15-21(23(32-3)13-19(22)16-27)29-24(30)14-20(28-25(29)31)18-10-5-4-6-11-18/h4-11,13-15H,12H2,1-3H3,(H,28,31). The Balaban J connectivity index is 1.86. The van der Waals surface area contributed by atoms with Crippen LogP contribution in [0.5, 0.6) is 11.5 Å². The van der Waals surface area contributed by atoms with Crippen molar-refractivity contribution in [2.45, 2.75) is 25.9 Å². The van der Waals surface area contributed by atoms with Gasteiger partial charge in [-0.3, -0.25) is 4.79 Å². The lowest BCUT2D eigenvalue weighted by Crippen LogP contribution is -2.35. The maximum Gasteiger partial charge on any atom is 0.333 e. The fraction of sp³-hybridized carbons (Fsp3) is 0.192. The summed E-state index contributed by atoms with van der Waals surface area (Å²) in [5, 5.41) is 9.70. The Labute approximate surface area is 190 Å². The number of hydrogen-bond donors (Lipinski definition) is 1. The molecule has 1 aliphatic carbocycles. The minimum Gasteiger partial charge on any atom is -0.495 e. The fourth-order valence-corrected chi connectivity index (χ4v) is 3.76. The van der Waals surface area contributed by atoms with E-state index in [-0.39, 0.29) is 22.7 Å². The highest BCUT2D eigenvalue weighted by Gasteiger charge is 2.30. The average molecular weight is 441 g/mol. The SMILES string of the molecule is COc1cc(C#N)c(OC2(C)CC=CC=C2C)cc1-n1c(=O)cc(-c2ccccc2)[nH]c1=O. The predicted molar refractivity (Wildman–Crippen MR) is 126 cm³/mol. The quantitative estimate of drug-likeness (QED) is 0.643. The molecule has 0 saturated carbocycles. The van der Waals surface area contributed by atoms with Crippen LogP contribution in [0.2, 0.25) is 0 Å². The van der Waals surface area contributed by atoms with Gasteiger partial charge in [-0.15, -0.1) is 0 Å². The summed E-state index contributed by atoms with van der Waals surface area (Å²) in [6.45, 7) is 3.89. The van der Waals surface area contributed by atoms with Gasteiger partial charge in [0.1, 0.15) is 23.2 Å². The van der Waals surface area contributed by atoms with Gasteiger partial charge < -0.3 is 14.5 Å². The zero-order chi connectivity index (χ0) is 23.6. The number of rotatable bonds is 5. The summed E-state index contributed by atoms with van der Waals surface area (Å²) >= 11 is 0. The molecule has 166 valence electrons. The Morgan fingerprint density at radius 2 is 1.88 bits per heavy atom. The number of hydrogen-bond acceptors (Lipinski definition) is 5. The van der Waals surface area contributed by atoms with Gasteiger partial charge in [0.2, 0.25) is 0 Å². The molecule has 0 fully saturated rings. The molecule has 33 heavy (non-hydrogen) atoms. The van der Waals surface area contributed by atoms with Crippen molar-refractivity contribution in [1.29, 1.82) is 5.26 Å². The van der Waals surface area contributed by atoms with Gasteiger partial charge in [-0.2, -0.15) is 5.26 Å². The van der Waals surface area contributed by atoms with Crippen LogP contribution in [0.15, 0.2) is 81.9 Å². The Bertz CT molecular complexity index is 1390. The van der Waals surface area contributed by atoms with Crippen LogP contribution in [-0.2, 0) is 0 Å². The third-order valence-electron chi connectivity index (χ3n) is 5.82. The molecule has 1 N–H and O–H groups in total. The smallest absolute Gasteiger partial charge is 0.333 e. The van der Waals surface area contributed by atoms with E-state index in [4.69, 9.17) is 9.47 Å². The number of benzene rings is 2. The van der Waals surface area contributed by atoms with Crippen LogP contribution in [-0.4, -0.2) is 22.3 Å². The minimum atomic E-state index is -0.666. The predicted octanol–water partition coefficient (Wildman–Crippen LogP) is 4.12. The third-order valence-corrected chi connectivity index (χ3v) is 5.82. The van der Waals surface area contributed by atoms with Gasteiger partial charge in [0, 0.05) is 24.6 Å². The first-order chi connectivity index (χ1) is 15.9. The van der Waals surface area contributed by atoms with Crippen molar-refractivity contribution in [2.75, 3.05) is 7.11 Å². The molecule has 3 aromatic rings. The summed E-state index contributed by atoms with van der Waals surface area (Å²) in [6, 6.07) is 15.6. The zero-order valence-electron chi connectivity index (χ0n) is 18.6. The van der Waals surface area contributed by atoms with E-state index >= 15 is 0 Å². The topological polar surface area (TPSA) is 97.1 Å². The fourth-order valence-electron chi connectivity index (χ4n) is 3.76. The second kappa shape index (κ2) is 8.67. The molecule has 0 spiro atoms. The van der Waals surface area contributed by atoms with Crippen LogP contribution >= 0.6 is 0 Å². The van der Waals surface area contributed by atoms with Crippen molar-refractivity contribution in [3.8, 4) is 34.5 Å². The van der Waals surface area contributed by atoms with Gasteiger partial charge in [-0.25, -0.2) is 9.36 Å². The van der Waals surface area contributed by atoms with E-state index in [2.05, 4.69) is 11.1 Å². The highest BCUT2D eigenvalue weighted by atomic mass is 16.5. The lowest BCUT2D eigenvalue weighted by molar-refractivity contribution is 0.129. The van der Waals surface area contributed by atoms with Crippen LogP contribution in [0.4, 0.5) is 0 Å². The summed E-state index contributed by atoms with van der Waals surface area (Å²) in [4.78, 5) is 28.8. The van der Waals surface area contributed by atoms with Crippen molar-refractivity contribution in [1.82, 2.24) is 9.55 Å². The summed E-state index contributed by atoms with van der Waals surface area (Å²) in [7, 11) is 1.41.